The predicted molar refractivity (Wildman–Crippen MR) is 89.1 cm³/mol. The van der Waals surface area contributed by atoms with Gasteiger partial charge in [0, 0.05) is 32.1 Å². The highest BCUT2D eigenvalue weighted by atomic mass is 32.2. The van der Waals surface area contributed by atoms with Gasteiger partial charge in [-0.1, -0.05) is 18.6 Å². The Morgan fingerprint density at radius 1 is 1.04 bits per heavy atom. The first-order chi connectivity index (χ1) is 11.5. The van der Waals surface area contributed by atoms with E-state index in [4.69, 9.17) is 0 Å². The molecule has 2 aliphatic rings. The van der Waals surface area contributed by atoms with E-state index in [0.717, 1.165) is 19.3 Å². The van der Waals surface area contributed by atoms with E-state index in [1.165, 1.54) is 28.6 Å². The average molecular weight is 354 g/mol. The monoisotopic (exact) mass is 354 g/mol. The largest absolute Gasteiger partial charge is 0.341 e. The van der Waals surface area contributed by atoms with Crippen molar-refractivity contribution in [3.05, 3.63) is 35.6 Å². The zero-order valence-electron chi connectivity index (χ0n) is 13.7. The Labute approximate surface area is 142 Å². The molecule has 0 unspecified atom stereocenters. The van der Waals surface area contributed by atoms with Crippen molar-refractivity contribution in [1.82, 2.24) is 9.21 Å². The standard InChI is InChI=1S/C17H23FN2O3S/c18-16-7-5-14(6-8-16)13-24(22,23)20-10-2-9-19(11-12-20)17(21)15-3-1-4-15/h5-8,15H,1-4,9-13H2. The Morgan fingerprint density at radius 3 is 2.38 bits per heavy atom. The SMILES string of the molecule is O=C(C1CCC1)N1CCCN(S(=O)(=O)Cc2ccc(F)cc2)CC1. The second-order valence-corrected chi connectivity index (χ2v) is 8.56. The molecule has 24 heavy (non-hydrogen) atoms. The minimum Gasteiger partial charge on any atom is -0.341 e. The van der Waals surface area contributed by atoms with Gasteiger partial charge in [-0.15, -0.1) is 0 Å². The number of amides is 1. The summed E-state index contributed by atoms with van der Waals surface area (Å²) in [6, 6.07) is 5.53. The summed E-state index contributed by atoms with van der Waals surface area (Å²) in [7, 11) is -3.46. The van der Waals surface area contributed by atoms with E-state index in [-0.39, 0.29) is 23.4 Å². The van der Waals surface area contributed by atoms with Crippen LogP contribution in [0.15, 0.2) is 24.3 Å². The maximum absolute atomic E-state index is 12.9. The number of benzene rings is 1. The van der Waals surface area contributed by atoms with Crippen molar-refractivity contribution < 1.29 is 17.6 Å². The third kappa shape index (κ3) is 3.95. The molecule has 1 aromatic rings. The molecule has 7 heteroatoms. The maximum atomic E-state index is 12.9. The van der Waals surface area contributed by atoms with E-state index in [1.54, 1.807) is 0 Å². The Hall–Kier alpha value is -1.47. The van der Waals surface area contributed by atoms with Crippen LogP contribution in [-0.4, -0.2) is 49.7 Å². The van der Waals surface area contributed by atoms with Crippen molar-refractivity contribution in [3.63, 3.8) is 0 Å². The molecule has 132 valence electrons. The van der Waals surface area contributed by atoms with Gasteiger partial charge in [0.05, 0.1) is 5.75 Å². The summed E-state index contributed by atoms with van der Waals surface area (Å²) in [6.45, 7) is 1.84. The Balaban J connectivity index is 1.61. The molecule has 0 bridgehead atoms. The van der Waals surface area contributed by atoms with Gasteiger partial charge in [-0.25, -0.2) is 12.8 Å². The molecule has 1 aromatic carbocycles. The van der Waals surface area contributed by atoms with Gasteiger partial charge in [0.1, 0.15) is 5.82 Å². The van der Waals surface area contributed by atoms with Crippen molar-refractivity contribution in [3.8, 4) is 0 Å². The lowest BCUT2D eigenvalue weighted by Crippen LogP contribution is -2.41. The fourth-order valence-electron chi connectivity index (χ4n) is 3.19. The van der Waals surface area contributed by atoms with Crippen molar-refractivity contribution in [2.45, 2.75) is 31.4 Å². The Kier molecular flexibility index (Phi) is 5.20. The number of carbonyl (C=O) groups excluding carboxylic acids is 1. The van der Waals surface area contributed by atoms with E-state index in [9.17, 15) is 17.6 Å². The quantitative estimate of drug-likeness (QED) is 0.831. The summed E-state index contributed by atoms with van der Waals surface area (Å²) in [5.41, 5.74) is 0.572. The highest BCUT2D eigenvalue weighted by Crippen LogP contribution is 2.28. The molecule has 1 saturated carbocycles. The summed E-state index contributed by atoms with van der Waals surface area (Å²) in [6.07, 6.45) is 3.69. The van der Waals surface area contributed by atoms with Crippen molar-refractivity contribution in [2.24, 2.45) is 5.92 Å². The van der Waals surface area contributed by atoms with Crippen LogP contribution in [0.1, 0.15) is 31.2 Å². The zero-order valence-corrected chi connectivity index (χ0v) is 14.5. The summed E-state index contributed by atoms with van der Waals surface area (Å²) >= 11 is 0. The van der Waals surface area contributed by atoms with Crippen LogP contribution < -0.4 is 0 Å². The molecule has 5 nitrogen and oxygen atoms in total. The van der Waals surface area contributed by atoms with Gasteiger partial charge in [-0.05, 0) is 37.0 Å². The second-order valence-electron chi connectivity index (χ2n) is 6.59. The maximum Gasteiger partial charge on any atom is 0.225 e. The normalized spacial score (nSPS) is 20.5. The topological polar surface area (TPSA) is 57.7 Å². The molecule has 0 N–H and O–H groups in total. The van der Waals surface area contributed by atoms with E-state index >= 15 is 0 Å². The van der Waals surface area contributed by atoms with Gasteiger partial charge < -0.3 is 4.90 Å². The summed E-state index contributed by atoms with van der Waals surface area (Å²) in [4.78, 5) is 14.2. The first-order valence-corrected chi connectivity index (χ1v) is 10.1. The number of sulfonamides is 1. The number of rotatable bonds is 4. The molecule has 0 aromatic heterocycles. The number of nitrogens with zero attached hydrogens (tertiary/aromatic N) is 2. The molecule has 1 amide bonds. The van der Waals surface area contributed by atoms with Crippen LogP contribution in [0.3, 0.4) is 0 Å². The van der Waals surface area contributed by atoms with Crippen LogP contribution in [0.4, 0.5) is 4.39 Å². The van der Waals surface area contributed by atoms with Gasteiger partial charge >= 0.3 is 0 Å². The van der Waals surface area contributed by atoms with E-state index in [2.05, 4.69) is 0 Å². The predicted octanol–water partition coefficient (Wildman–Crippen LogP) is 1.99. The van der Waals surface area contributed by atoms with Gasteiger partial charge in [0.25, 0.3) is 0 Å². The molecule has 1 heterocycles. The highest BCUT2D eigenvalue weighted by molar-refractivity contribution is 7.88. The molecule has 3 rings (SSSR count). The number of hydrogen-bond donors (Lipinski definition) is 0. The van der Waals surface area contributed by atoms with Gasteiger partial charge in [0.2, 0.25) is 15.9 Å². The summed E-state index contributed by atoms with van der Waals surface area (Å²) in [5, 5.41) is 0. The molecule has 0 radical (unpaired) electrons. The van der Waals surface area contributed by atoms with Crippen LogP contribution in [0.5, 0.6) is 0 Å². The van der Waals surface area contributed by atoms with E-state index in [0.29, 0.717) is 38.2 Å². The molecular weight excluding hydrogens is 331 g/mol. The third-order valence-electron chi connectivity index (χ3n) is 4.88. The minimum atomic E-state index is -3.46. The average Bonchev–Trinajstić information content (AvgIpc) is 2.74. The van der Waals surface area contributed by atoms with Gasteiger partial charge in [-0.3, -0.25) is 4.79 Å². The van der Waals surface area contributed by atoms with Crippen molar-refractivity contribution in [1.29, 1.82) is 0 Å². The Bertz CT molecular complexity index is 686. The van der Waals surface area contributed by atoms with Crippen LogP contribution in [0.25, 0.3) is 0 Å². The molecule has 0 atom stereocenters. The van der Waals surface area contributed by atoms with Crippen LogP contribution in [0, 0.1) is 11.7 Å². The molecule has 1 aliphatic carbocycles. The molecular formula is C17H23FN2O3S. The summed E-state index contributed by atoms with van der Waals surface area (Å²) in [5.74, 6) is -0.188. The number of carbonyl (C=O) groups is 1. The van der Waals surface area contributed by atoms with Gasteiger partial charge in [-0.2, -0.15) is 4.31 Å². The smallest absolute Gasteiger partial charge is 0.225 e. The molecule has 1 aliphatic heterocycles. The van der Waals surface area contributed by atoms with E-state index < -0.39 is 10.0 Å². The second kappa shape index (κ2) is 7.19. The lowest BCUT2D eigenvalue weighted by atomic mass is 9.84. The lowest BCUT2D eigenvalue weighted by molar-refractivity contribution is -0.138. The van der Waals surface area contributed by atoms with Crippen LogP contribution in [-0.2, 0) is 20.6 Å². The zero-order chi connectivity index (χ0) is 17.2. The minimum absolute atomic E-state index is 0.135. The van der Waals surface area contributed by atoms with Crippen LogP contribution >= 0.6 is 0 Å². The highest BCUT2D eigenvalue weighted by Gasteiger charge is 2.32. The van der Waals surface area contributed by atoms with Gasteiger partial charge in [0.15, 0.2) is 0 Å². The third-order valence-corrected chi connectivity index (χ3v) is 6.73. The molecule has 0 spiro atoms. The lowest BCUT2D eigenvalue weighted by Gasteiger charge is -2.31. The first-order valence-electron chi connectivity index (χ1n) is 8.47. The summed E-state index contributed by atoms with van der Waals surface area (Å²) < 4.78 is 39.6. The fraction of sp³-hybridized carbons (Fsp3) is 0.588. The number of halogens is 1. The van der Waals surface area contributed by atoms with Crippen molar-refractivity contribution >= 4 is 15.9 Å². The molecule has 2 fully saturated rings. The van der Waals surface area contributed by atoms with E-state index in [1.807, 2.05) is 4.90 Å². The van der Waals surface area contributed by atoms with Crippen molar-refractivity contribution in [2.75, 3.05) is 26.2 Å². The molecule has 1 saturated heterocycles. The fourth-order valence-corrected chi connectivity index (χ4v) is 4.75. The first kappa shape index (κ1) is 17.4. The Morgan fingerprint density at radius 2 is 1.75 bits per heavy atom. The van der Waals surface area contributed by atoms with Crippen LogP contribution in [0.2, 0.25) is 0 Å². The number of hydrogen-bond acceptors (Lipinski definition) is 3.